The summed E-state index contributed by atoms with van der Waals surface area (Å²) in [6.07, 6.45) is -3.84. The Bertz CT molecular complexity index is 1280. The average molecular weight is 388 g/mol. The molecule has 3 nitrogen and oxygen atoms in total. The highest BCUT2D eigenvalue weighted by molar-refractivity contribution is 7.99. The predicted molar refractivity (Wildman–Crippen MR) is 108 cm³/mol. The molecule has 0 atom stereocenters. The minimum atomic E-state index is -3.98. The summed E-state index contributed by atoms with van der Waals surface area (Å²) in [5, 5.41) is 0.172. The van der Waals surface area contributed by atoms with Crippen LogP contribution < -0.4 is 4.90 Å². The summed E-state index contributed by atoms with van der Waals surface area (Å²) in [5.74, 6) is 0. The molecule has 2 aromatic carbocycles. The van der Waals surface area contributed by atoms with Crippen LogP contribution in [0.5, 0.6) is 0 Å². The van der Waals surface area contributed by atoms with E-state index in [9.17, 15) is 0 Å². The van der Waals surface area contributed by atoms with Crippen LogP contribution in [0.4, 0.5) is 11.4 Å². The number of halogens is 1. The number of hydrogen-bond donors (Lipinski definition) is 0. The van der Waals surface area contributed by atoms with Crippen molar-refractivity contribution in [1.29, 1.82) is 0 Å². The normalized spacial score (nSPS) is 36.2. The zero-order valence-electron chi connectivity index (χ0n) is 27.2. The van der Waals surface area contributed by atoms with E-state index in [0.29, 0.717) is 9.79 Å². The molecule has 0 bridgehead atoms. The molecule has 2 aliphatic rings. The monoisotopic (exact) mass is 387 g/mol. The van der Waals surface area contributed by atoms with Gasteiger partial charge in [0.05, 0.1) is 11.4 Å². The smallest absolute Gasteiger partial charge is 0.0567 e. The van der Waals surface area contributed by atoms with Crippen LogP contribution in [-0.2, 0) is 0 Å². The Morgan fingerprint density at radius 1 is 1.04 bits per heavy atom. The molecule has 1 fully saturated rings. The van der Waals surface area contributed by atoms with Crippen molar-refractivity contribution in [3.63, 3.8) is 0 Å². The molecule has 0 amide bonds. The fraction of sp³-hybridized carbons (Fsp3) is 0.400. The van der Waals surface area contributed by atoms with Gasteiger partial charge in [0.25, 0.3) is 0 Å². The van der Waals surface area contributed by atoms with Crippen LogP contribution in [0.25, 0.3) is 0 Å². The summed E-state index contributed by atoms with van der Waals surface area (Å²) in [6.45, 7) is -21.5. The molecule has 0 N–H and O–H groups in total. The number of anilines is 2. The maximum absolute atomic E-state index is 8.98. The lowest BCUT2D eigenvalue weighted by molar-refractivity contribution is 0.153. The van der Waals surface area contributed by atoms with Gasteiger partial charge in [-0.1, -0.05) is 35.5 Å². The van der Waals surface area contributed by atoms with Crippen LogP contribution in [0.2, 0.25) is 5.02 Å². The first-order valence-corrected chi connectivity index (χ1v) is 8.59. The van der Waals surface area contributed by atoms with Crippen molar-refractivity contribution < 1.29 is 19.2 Å². The average Bonchev–Trinajstić information content (AvgIpc) is 2.80. The molecule has 132 valence electrons. The van der Waals surface area contributed by atoms with E-state index in [0.717, 1.165) is 11.9 Å². The van der Waals surface area contributed by atoms with Gasteiger partial charge in [0.1, 0.15) is 0 Å². The number of benzene rings is 2. The summed E-state index contributed by atoms with van der Waals surface area (Å²) in [7, 11) is 0.791. The molecule has 0 radical (unpaired) electrons. The fourth-order valence-corrected chi connectivity index (χ4v) is 3.55. The Labute approximate surface area is 179 Å². The number of nitrogens with zero attached hydrogens (tertiary/aromatic N) is 3. The van der Waals surface area contributed by atoms with Crippen LogP contribution in [0.15, 0.2) is 52.3 Å². The topological polar surface area (TPSA) is 9.72 Å². The maximum Gasteiger partial charge on any atom is 0.0567 e. The molecule has 0 saturated carbocycles. The number of piperazine rings is 1. The van der Waals surface area contributed by atoms with Crippen molar-refractivity contribution in [3.8, 4) is 0 Å². The van der Waals surface area contributed by atoms with E-state index in [-0.39, 0.29) is 21.3 Å². The van der Waals surface area contributed by atoms with Crippen molar-refractivity contribution in [2.75, 3.05) is 50.9 Å². The summed E-state index contributed by atoms with van der Waals surface area (Å²) >= 11 is 7.41. The lowest BCUT2D eigenvalue weighted by Gasteiger charge is -2.35. The van der Waals surface area contributed by atoms with Crippen molar-refractivity contribution in [2.45, 2.75) is 16.2 Å². The third-order valence-electron chi connectivity index (χ3n) is 3.48. The van der Waals surface area contributed by atoms with Crippen LogP contribution in [0.1, 0.15) is 25.6 Å². The largest absolute Gasteiger partial charge is 0.340 e. The van der Waals surface area contributed by atoms with Crippen molar-refractivity contribution >= 4 is 34.7 Å². The summed E-state index contributed by atoms with van der Waals surface area (Å²) in [4.78, 5) is 1.46. The standard InChI is InChI=1S/C20H24ClN3S/c1-22-11-13-23(14-12-22)9-4-10-24-17-5-2-3-6-19(17)25-20-8-7-16(21)15-18(20)24/h2-3,5-8,15H,4,9-14H2,1H3/i4D2,9D2,10D2,11D2,12D2,13D2,14D2. The maximum atomic E-state index is 8.98. The van der Waals surface area contributed by atoms with Crippen LogP contribution in [-0.4, -0.2) is 55.8 Å². The predicted octanol–water partition coefficient (Wildman–Crippen LogP) is 4.58. The first-order chi connectivity index (χ1) is 17.5. The Kier molecular flexibility index (Phi) is 2.25. The Hall–Kier alpha value is -1.20. The fourth-order valence-electron chi connectivity index (χ4n) is 2.35. The lowest BCUT2D eigenvalue weighted by atomic mass is 10.2. The van der Waals surface area contributed by atoms with E-state index in [4.69, 9.17) is 30.8 Å². The second-order valence-corrected chi connectivity index (χ2v) is 6.73. The van der Waals surface area contributed by atoms with E-state index < -0.39 is 50.3 Å². The molecule has 2 aliphatic heterocycles. The van der Waals surface area contributed by atoms with Gasteiger partial charge in [-0.05, 0) is 50.2 Å². The summed E-state index contributed by atoms with van der Waals surface area (Å²) in [5.41, 5.74) is 0.211. The molecule has 5 heteroatoms. The van der Waals surface area contributed by atoms with Gasteiger partial charge in [-0.15, -0.1) is 0 Å². The van der Waals surface area contributed by atoms with E-state index in [1.54, 1.807) is 30.3 Å². The zero-order valence-corrected chi connectivity index (χ0v) is 14.7. The SMILES string of the molecule is [2H]C1([2H])N(C)C([2H])([2H])C([2H])([2H])N(C([2H])([2H])C([2H])([2H])C([2H])([2H])N2c3ccccc3Sc3ccc(Cl)cc32)C1([2H])[2H]. The number of fused-ring (bicyclic) bond motifs is 2. The Balaban J connectivity index is 1.96. The van der Waals surface area contributed by atoms with Crippen molar-refractivity contribution in [1.82, 2.24) is 9.80 Å². The van der Waals surface area contributed by atoms with Crippen LogP contribution >= 0.6 is 23.4 Å². The Morgan fingerprint density at radius 2 is 1.80 bits per heavy atom. The van der Waals surface area contributed by atoms with Gasteiger partial charge < -0.3 is 14.7 Å². The van der Waals surface area contributed by atoms with E-state index in [2.05, 4.69) is 0 Å². The highest BCUT2D eigenvalue weighted by atomic mass is 35.5. The quantitative estimate of drug-likeness (QED) is 0.759. The highest BCUT2D eigenvalue weighted by Gasteiger charge is 2.23. The van der Waals surface area contributed by atoms with Gasteiger partial charge in [-0.25, -0.2) is 0 Å². The summed E-state index contributed by atoms with van der Waals surface area (Å²) in [6, 6.07) is 10.8. The molecule has 2 aromatic rings. The number of hydrogen-bond acceptors (Lipinski definition) is 4. The molecule has 1 saturated heterocycles. The molecule has 4 rings (SSSR count). The zero-order chi connectivity index (χ0) is 29.8. The molecular weight excluding hydrogens is 350 g/mol. The van der Waals surface area contributed by atoms with Crippen molar-refractivity contribution in [3.05, 3.63) is 47.5 Å². The second-order valence-electron chi connectivity index (χ2n) is 5.21. The number of likely N-dealkylation sites (N-methyl/N-ethyl adjacent to an activating group) is 1. The first-order valence-electron chi connectivity index (χ1n) is 14.4. The number of para-hydroxylation sites is 1. The van der Waals surface area contributed by atoms with Gasteiger partial charge in [0.15, 0.2) is 0 Å². The van der Waals surface area contributed by atoms with Crippen LogP contribution in [0.3, 0.4) is 0 Å². The van der Waals surface area contributed by atoms with E-state index in [1.807, 2.05) is 0 Å². The van der Waals surface area contributed by atoms with Crippen LogP contribution in [0, 0.1) is 0 Å². The van der Waals surface area contributed by atoms with Gasteiger partial charge in [0.2, 0.25) is 0 Å². The van der Waals surface area contributed by atoms with Gasteiger partial charge in [-0.3, -0.25) is 0 Å². The second kappa shape index (κ2) is 7.58. The first kappa shape index (κ1) is 7.43. The van der Waals surface area contributed by atoms with Crippen molar-refractivity contribution in [2.24, 2.45) is 0 Å². The minimum absolute atomic E-state index is 0.0749. The molecule has 0 aliphatic carbocycles. The van der Waals surface area contributed by atoms with Gasteiger partial charge >= 0.3 is 0 Å². The molecule has 2 heterocycles. The third kappa shape index (κ3) is 3.82. The molecule has 0 aromatic heterocycles. The molecule has 0 spiro atoms. The van der Waals surface area contributed by atoms with E-state index >= 15 is 0 Å². The number of rotatable bonds is 4. The summed E-state index contributed by atoms with van der Waals surface area (Å²) < 4.78 is 119. The third-order valence-corrected chi connectivity index (χ3v) is 4.85. The minimum Gasteiger partial charge on any atom is -0.340 e. The lowest BCUT2D eigenvalue weighted by Crippen LogP contribution is -2.45. The molecule has 25 heavy (non-hydrogen) atoms. The van der Waals surface area contributed by atoms with Gasteiger partial charge in [-0.2, -0.15) is 0 Å². The molecular formula is C20H24ClN3S. The highest BCUT2D eigenvalue weighted by Crippen LogP contribution is 2.48. The van der Waals surface area contributed by atoms with E-state index in [1.165, 1.54) is 23.9 Å². The molecule has 0 unspecified atom stereocenters. The Morgan fingerprint density at radius 3 is 2.64 bits per heavy atom. The van der Waals surface area contributed by atoms with Gasteiger partial charge in [0, 0.05) is 66.5 Å².